The van der Waals surface area contributed by atoms with Crippen molar-refractivity contribution < 1.29 is 0 Å². The van der Waals surface area contributed by atoms with E-state index < -0.39 is 0 Å². The molecule has 0 amide bonds. The van der Waals surface area contributed by atoms with Gasteiger partial charge < -0.3 is 11.1 Å². The maximum absolute atomic E-state index is 6.40. The van der Waals surface area contributed by atoms with Gasteiger partial charge in [-0.3, -0.25) is 0 Å². The van der Waals surface area contributed by atoms with Crippen LogP contribution >= 0.6 is 11.6 Å². The van der Waals surface area contributed by atoms with Gasteiger partial charge in [-0.2, -0.15) is 0 Å². The molecule has 18 heavy (non-hydrogen) atoms. The lowest BCUT2D eigenvalue weighted by atomic mass is 9.81. The van der Waals surface area contributed by atoms with Crippen LogP contribution in [0.5, 0.6) is 0 Å². The van der Waals surface area contributed by atoms with Crippen LogP contribution in [0.25, 0.3) is 11.1 Å². The van der Waals surface area contributed by atoms with Crippen LogP contribution < -0.4 is 11.1 Å². The monoisotopic (exact) mass is 258 g/mol. The average Bonchev–Trinajstić information content (AvgIpc) is 2.37. The van der Waals surface area contributed by atoms with Crippen LogP contribution in [0.1, 0.15) is 5.56 Å². The van der Waals surface area contributed by atoms with Crippen LogP contribution in [0.4, 0.5) is 0 Å². The molecule has 0 radical (unpaired) electrons. The van der Waals surface area contributed by atoms with Gasteiger partial charge in [0, 0.05) is 18.1 Å². The van der Waals surface area contributed by atoms with E-state index in [2.05, 4.69) is 17.4 Å². The van der Waals surface area contributed by atoms with E-state index in [1.165, 1.54) is 11.1 Å². The molecule has 1 saturated heterocycles. The number of rotatable bonds is 2. The van der Waals surface area contributed by atoms with Gasteiger partial charge in [-0.1, -0.05) is 48.0 Å². The Labute approximate surface area is 112 Å². The predicted octanol–water partition coefficient (Wildman–Crippen LogP) is 2.76. The first-order valence-corrected chi connectivity index (χ1v) is 6.42. The highest BCUT2D eigenvalue weighted by atomic mass is 35.5. The molecule has 0 aliphatic carbocycles. The number of nitrogens with one attached hydrogen (secondary N) is 1. The second-order valence-corrected chi connectivity index (χ2v) is 5.25. The van der Waals surface area contributed by atoms with Gasteiger partial charge in [0.2, 0.25) is 0 Å². The molecule has 2 aromatic carbocycles. The van der Waals surface area contributed by atoms with Crippen molar-refractivity contribution in [2.45, 2.75) is 5.54 Å². The van der Waals surface area contributed by atoms with Gasteiger partial charge in [0.15, 0.2) is 0 Å². The Kier molecular flexibility index (Phi) is 2.86. The summed E-state index contributed by atoms with van der Waals surface area (Å²) in [6.07, 6.45) is 0. The lowest BCUT2D eigenvalue weighted by molar-refractivity contribution is 0.288. The zero-order valence-electron chi connectivity index (χ0n) is 9.99. The molecule has 1 fully saturated rings. The molecule has 92 valence electrons. The van der Waals surface area contributed by atoms with E-state index >= 15 is 0 Å². The van der Waals surface area contributed by atoms with E-state index in [4.69, 9.17) is 17.3 Å². The molecule has 3 N–H and O–H groups in total. The summed E-state index contributed by atoms with van der Waals surface area (Å²) in [5, 5.41) is 4.00. The molecule has 0 spiro atoms. The van der Waals surface area contributed by atoms with E-state index in [-0.39, 0.29) is 5.54 Å². The highest BCUT2D eigenvalue weighted by molar-refractivity contribution is 6.30. The number of hydrogen-bond donors (Lipinski definition) is 2. The van der Waals surface area contributed by atoms with Gasteiger partial charge in [0.05, 0.1) is 5.54 Å². The van der Waals surface area contributed by atoms with Crippen molar-refractivity contribution in [3.8, 4) is 11.1 Å². The van der Waals surface area contributed by atoms with E-state index in [1.54, 1.807) is 0 Å². The van der Waals surface area contributed by atoms with Crippen molar-refractivity contribution in [2.75, 3.05) is 13.1 Å². The van der Waals surface area contributed by atoms with Gasteiger partial charge in [-0.15, -0.1) is 0 Å². The molecule has 2 nitrogen and oxygen atoms in total. The zero-order chi connectivity index (χ0) is 12.6. The second kappa shape index (κ2) is 4.39. The molecule has 0 unspecified atom stereocenters. The maximum Gasteiger partial charge on any atom is 0.0668 e. The van der Waals surface area contributed by atoms with Crippen molar-refractivity contribution >= 4 is 11.6 Å². The summed E-state index contributed by atoms with van der Waals surface area (Å²) < 4.78 is 0. The van der Waals surface area contributed by atoms with Crippen molar-refractivity contribution in [2.24, 2.45) is 5.73 Å². The first kappa shape index (κ1) is 11.7. The van der Waals surface area contributed by atoms with Gasteiger partial charge in [0.1, 0.15) is 0 Å². The molecule has 0 saturated carbocycles. The zero-order valence-corrected chi connectivity index (χ0v) is 10.7. The lowest BCUT2D eigenvalue weighted by Crippen LogP contribution is -2.62. The Morgan fingerprint density at radius 3 is 2.28 bits per heavy atom. The standard InChI is InChI=1S/C15H15ClN2/c16-12-7-5-11(6-8-12)13-3-1-2-4-14(13)15(17)9-18-10-15/h1-8,18H,9-10,17H2. The smallest absolute Gasteiger partial charge is 0.0668 e. The van der Waals surface area contributed by atoms with Crippen LogP contribution in [0, 0.1) is 0 Å². The quantitative estimate of drug-likeness (QED) is 0.869. The number of hydrogen-bond acceptors (Lipinski definition) is 2. The van der Waals surface area contributed by atoms with Gasteiger partial charge >= 0.3 is 0 Å². The van der Waals surface area contributed by atoms with E-state index in [0.717, 1.165) is 23.7 Å². The Morgan fingerprint density at radius 1 is 1.00 bits per heavy atom. The lowest BCUT2D eigenvalue weighted by Gasteiger charge is -2.40. The van der Waals surface area contributed by atoms with Crippen LogP contribution in [-0.4, -0.2) is 13.1 Å². The summed E-state index contributed by atoms with van der Waals surface area (Å²) in [6.45, 7) is 1.66. The highest BCUT2D eigenvalue weighted by Gasteiger charge is 2.35. The molecule has 0 bridgehead atoms. The molecule has 1 aliphatic rings. The summed E-state index contributed by atoms with van der Waals surface area (Å²) in [7, 11) is 0. The van der Waals surface area contributed by atoms with Crippen molar-refractivity contribution in [3.05, 3.63) is 59.1 Å². The predicted molar refractivity (Wildman–Crippen MR) is 75.6 cm³/mol. The molecule has 1 aliphatic heterocycles. The molecule has 1 heterocycles. The number of benzene rings is 2. The van der Waals surface area contributed by atoms with Crippen molar-refractivity contribution in [1.29, 1.82) is 0 Å². The third kappa shape index (κ3) is 1.93. The molecular weight excluding hydrogens is 244 g/mol. The highest BCUT2D eigenvalue weighted by Crippen LogP contribution is 2.33. The van der Waals surface area contributed by atoms with E-state index in [1.807, 2.05) is 36.4 Å². The SMILES string of the molecule is NC1(c2ccccc2-c2ccc(Cl)cc2)CNC1. The third-order valence-corrected chi connectivity index (χ3v) is 3.75. The molecule has 2 aromatic rings. The molecule has 0 aromatic heterocycles. The van der Waals surface area contributed by atoms with Crippen LogP contribution in [0.2, 0.25) is 5.02 Å². The van der Waals surface area contributed by atoms with E-state index in [0.29, 0.717) is 0 Å². The first-order chi connectivity index (χ1) is 8.69. The number of nitrogens with two attached hydrogens (primary N) is 1. The summed E-state index contributed by atoms with van der Waals surface area (Å²) in [5.41, 5.74) is 9.72. The van der Waals surface area contributed by atoms with Gasteiger partial charge in [0.25, 0.3) is 0 Å². The number of halogens is 1. The minimum Gasteiger partial charge on any atom is -0.319 e. The Morgan fingerprint density at radius 2 is 1.67 bits per heavy atom. The van der Waals surface area contributed by atoms with Gasteiger partial charge in [-0.25, -0.2) is 0 Å². The molecule has 0 atom stereocenters. The first-order valence-electron chi connectivity index (χ1n) is 6.04. The van der Waals surface area contributed by atoms with Crippen LogP contribution in [0.3, 0.4) is 0 Å². The Balaban J connectivity index is 2.09. The minimum absolute atomic E-state index is 0.240. The van der Waals surface area contributed by atoms with Crippen molar-refractivity contribution in [3.63, 3.8) is 0 Å². The fourth-order valence-corrected chi connectivity index (χ4v) is 2.51. The Bertz CT molecular complexity index is 559. The second-order valence-electron chi connectivity index (χ2n) is 4.81. The normalized spacial score (nSPS) is 17.2. The largest absolute Gasteiger partial charge is 0.319 e. The molecule has 3 heteroatoms. The van der Waals surface area contributed by atoms with Crippen LogP contribution in [0.15, 0.2) is 48.5 Å². The minimum atomic E-state index is -0.240. The summed E-state index contributed by atoms with van der Waals surface area (Å²) in [4.78, 5) is 0. The van der Waals surface area contributed by atoms with Gasteiger partial charge in [-0.05, 0) is 28.8 Å². The summed E-state index contributed by atoms with van der Waals surface area (Å²) >= 11 is 5.93. The molecular formula is C15H15ClN2. The molecule has 3 rings (SSSR count). The van der Waals surface area contributed by atoms with E-state index in [9.17, 15) is 0 Å². The Hall–Kier alpha value is -1.35. The fourth-order valence-electron chi connectivity index (χ4n) is 2.38. The summed E-state index contributed by atoms with van der Waals surface area (Å²) in [5.74, 6) is 0. The average molecular weight is 259 g/mol. The third-order valence-electron chi connectivity index (χ3n) is 3.50. The summed E-state index contributed by atoms with van der Waals surface area (Å²) in [6, 6.07) is 16.2. The maximum atomic E-state index is 6.40. The van der Waals surface area contributed by atoms with Crippen molar-refractivity contribution in [1.82, 2.24) is 5.32 Å². The fraction of sp³-hybridized carbons (Fsp3) is 0.200. The topological polar surface area (TPSA) is 38.0 Å². The van der Waals surface area contributed by atoms with Crippen LogP contribution in [-0.2, 0) is 5.54 Å².